The Kier molecular flexibility index (Phi) is 4.35. The molecule has 1 N–H and O–H groups in total. The van der Waals surface area contributed by atoms with Gasteiger partial charge in [-0.2, -0.15) is 0 Å². The molecule has 15 heavy (non-hydrogen) atoms. The molecule has 0 aliphatic rings. The molecule has 0 bridgehead atoms. The highest BCUT2D eigenvalue weighted by molar-refractivity contribution is 7.12. The van der Waals surface area contributed by atoms with E-state index < -0.39 is 0 Å². The number of hydrogen-bond donors (Lipinski definition) is 1. The predicted molar refractivity (Wildman–Crippen MR) is 69.7 cm³/mol. The van der Waals surface area contributed by atoms with E-state index in [0.717, 1.165) is 13.0 Å². The molecule has 1 rings (SSSR count). The lowest BCUT2D eigenvalue weighted by molar-refractivity contribution is 0.545. The third-order valence-corrected chi connectivity index (χ3v) is 4.19. The van der Waals surface area contributed by atoms with Crippen LogP contribution < -0.4 is 5.32 Å². The van der Waals surface area contributed by atoms with Gasteiger partial charge in [-0.3, -0.25) is 0 Å². The first kappa shape index (κ1) is 12.7. The van der Waals surface area contributed by atoms with Crippen molar-refractivity contribution in [2.24, 2.45) is 0 Å². The van der Waals surface area contributed by atoms with E-state index in [2.05, 4.69) is 52.1 Å². The maximum atomic E-state index is 3.52. The maximum absolute atomic E-state index is 3.52. The molecular formula is C13H23NS. The van der Waals surface area contributed by atoms with E-state index in [-0.39, 0.29) is 5.41 Å². The van der Waals surface area contributed by atoms with Crippen LogP contribution in [0.3, 0.4) is 0 Å². The monoisotopic (exact) mass is 225 g/mol. The van der Waals surface area contributed by atoms with Gasteiger partial charge in [0.25, 0.3) is 0 Å². The quantitative estimate of drug-likeness (QED) is 0.813. The van der Waals surface area contributed by atoms with Crippen molar-refractivity contribution in [1.29, 1.82) is 0 Å². The minimum absolute atomic E-state index is 0.285. The van der Waals surface area contributed by atoms with Gasteiger partial charge in [0.05, 0.1) is 0 Å². The zero-order valence-electron chi connectivity index (χ0n) is 10.6. The van der Waals surface area contributed by atoms with Crippen molar-refractivity contribution >= 4 is 11.3 Å². The minimum atomic E-state index is 0.285. The topological polar surface area (TPSA) is 12.0 Å². The van der Waals surface area contributed by atoms with Crippen molar-refractivity contribution < 1.29 is 0 Å². The SMILES string of the molecule is CCNC(CC)c1ccc(C(C)(C)C)s1. The second-order valence-electron chi connectivity index (χ2n) is 4.97. The summed E-state index contributed by atoms with van der Waals surface area (Å²) in [5, 5.41) is 3.52. The fraction of sp³-hybridized carbons (Fsp3) is 0.692. The first-order chi connectivity index (χ1) is 6.99. The van der Waals surface area contributed by atoms with Crippen LogP contribution in [0.15, 0.2) is 12.1 Å². The van der Waals surface area contributed by atoms with E-state index in [0.29, 0.717) is 6.04 Å². The second-order valence-corrected chi connectivity index (χ2v) is 6.09. The van der Waals surface area contributed by atoms with Crippen LogP contribution in [-0.4, -0.2) is 6.54 Å². The van der Waals surface area contributed by atoms with Gasteiger partial charge in [0, 0.05) is 15.8 Å². The maximum Gasteiger partial charge on any atom is 0.0412 e. The summed E-state index contributed by atoms with van der Waals surface area (Å²) in [6, 6.07) is 5.10. The molecule has 1 nitrogen and oxygen atoms in total. The summed E-state index contributed by atoms with van der Waals surface area (Å²) in [5.41, 5.74) is 0.285. The van der Waals surface area contributed by atoms with Crippen LogP contribution in [0.4, 0.5) is 0 Å². The number of nitrogens with one attached hydrogen (secondary N) is 1. The van der Waals surface area contributed by atoms with Gasteiger partial charge in [0.2, 0.25) is 0 Å². The molecule has 0 aliphatic heterocycles. The lowest BCUT2D eigenvalue weighted by Crippen LogP contribution is -2.18. The first-order valence-corrected chi connectivity index (χ1v) is 6.64. The molecule has 0 saturated heterocycles. The summed E-state index contributed by atoms with van der Waals surface area (Å²) in [7, 11) is 0. The third kappa shape index (κ3) is 3.32. The van der Waals surface area contributed by atoms with Crippen molar-refractivity contribution in [3.05, 3.63) is 21.9 Å². The molecule has 0 fully saturated rings. The summed E-state index contributed by atoms with van der Waals surface area (Å²) in [6.45, 7) is 12.3. The predicted octanol–water partition coefficient (Wildman–Crippen LogP) is 4.11. The molecule has 1 heterocycles. The van der Waals surface area contributed by atoms with Gasteiger partial charge < -0.3 is 5.32 Å². The van der Waals surface area contributed by atoms with Crippen LogP contribution >= 0.6 is 11.3 Å². The van der Waals surface area contributed by atoms with E-state index in [9.17, 15) is 0 Å². The molecule has 1 atom stereocenters. The van der Waals surface area contributed by atoms with Crippen molar-refractivity contribution in [2.75, 3.05) is 6.54 Å². The minimum Gasteiger partial charge on any atom is -0.310 e. The Bertz CT molecular complexity index is 296. The zero-order chi connectivity index (χ0) is 11.5. The molecule has 0 aliphatic carbocycles. The van der Waals surface area contributed by atoms with Crippen molar-refractivity contribution in [3.63, 3.8) is 0 Å². The van der Waals surface area contributed by atoms with Gasteiger partial charge >= 0.3 is 0 Å². The zero-order valence-corrected chi connectivity index (χ0v) is 11.4. The van der Waals surface area contributed by atoms with E-state index in [1.807, 2.05) is 11.3 Å². The Labute approximate surface area is 97.9 Å². The number of hydrogen-bond acceptors (Lipinski definition) is 2. The molecule has 0 aromatic carbocycles. The first-order valence-electron chi connectivity index (χ1n) is 5.82. The Morgan fingerprint density at radius 1 is 1.27 bits per heavy atom. The van der Waals surface area contributed by atoms with Crippen molar-refractivity contribution in [2.45, 2.75) is 52.5 Å². The highest BCUT2D eigenvalue weighted by Crippen LogP contribution is 2.33. The summed E-state index contributed by atoms with van der Waals surface area (Å²) in [4.78, 5) is 2.96. The normalized spacial score (nSPS) is 14.2. The van der Waals surface area contributed by atoms with Crippen LogP contribution in [0.25, 0.3) is 0 Å². The second kappa shape index (κ2) is 5.13. The van der Waals surface area contributed by atoms with E-state index in [1.165, 1.54) is 9.75 Å². The van der Waals surface area contributed by atoms with Crippen LogP contribution in [0.5, 0.6) is 0 Å². The van der Waals surface area contributed by atoms with E-state index in [4.69, 9.17) is 0 Å². The molecule has 0 radical (unpaired) electrons. The Morgan fingerprint density at radius 2 is 1.93 bits per heavy atom. The largest absolute Gasteiger partial charge is 0.310 e. The molecule has 0 saturated carbocycles. The van der Waals surface area contributed by atoms with E-state index in [1.54, 1.807) is 0 Å². The Morgan fingerprint density at radius 3 is 2.33 bits per heavy atom. The van der Waals surface area contributed by atoms with Crippen LogP contribution in [0.2, 0.25) is 0 Å². The highest BCUT2D eigenvalue weighted by Gasteiger charge is 2.18. The lowest BCUT2D eigenvalue weighted by Gasteiger charge is -2.17. The molecule has 86 valence electrons. The summed E-state index contributed by atoms with van der Waals surface area (Å²) < 4.78 is 0. The highest BCUT2D eigenvalue weighted by atomic mass is 32.1. The molecule has 1 aromatic heterocycles. The fourth-order valence-corrected chi connectivity index (χ4v) is 2.86. The summed E-state index contributed by atoms with van der Waals surface area (Å²) >= 11 is 1.95. The van der Waals surface area contributed by atoms with Gasteiger partial charge in [0.15, 0.2) is 0 Å². The molecule has 2 heteroatoms. The summed E-state index contributed by atoms with van der Waals surface area (Å²) in [6.07, 6.45) is 1.16. The van der Waals surface area contributed by atoms with Crippen molar-refractivity contribution in [3.8, 4) is 0 Å². The van der Waals surface area contributed by atoms with Gasteiger partial charge in [0.1, 0.15) is 0 Å². The van der Waals surface area contributed by atoms with Crippen LogP contribution in [0.1, 0.15) is 56.8 Å². The fourth-order valence-electron chi connectivity index (χ4n) is 1.64. The molecule has 1 unspecified atom stereocenters. The van der Waals surface area contributed by atoms with Gasteiger partial charge in [-0.25, -0.2) is 0 Å². The lowest BCUT2D eigenvalue weighted by atomic mass is 9.95. The third-order valence-electron chi connectivity index (χ3n) is 2.57. The Balaban J connectivity index is 2.82. The standard InChI is InChI=1S/C13H23NS/c1-6-10(14-7-2)11-8-9-12(15-11)13(3,4)5/h8-10,14H,6-7H2,1-5H3. The van der Waals surface area contributed by atoms with Gasteiger partial charge in [-0.05, 0) is 30.5 Å². The van der Waals surface area contributed by atoms with Crippen molar-refractivity contribution in [1.82, 2.24) is 5.32 Å². The van der Waals surface area contributed by atoms with Gasteiger partial charge in [-0.15, -0.1) is 11.3 Å². The van der Waals surface area contributed by atoms with E-state index >= 15 is 0 Å². The molecule has 0 amide bonds. The molecular weight excluding hydrogens is 202 g/mol. The average molecular weight is 225 g/mol. The van der Waals surface area contributed by atoms with Crippen LogP contribution in [-0.2, 0) is 5.41 Å². The number of rotatable bonds is 4. The number of thiophene rings is 1. The van der Waals surface area contributed by atoms with Gasteiger partial charge in [-0.1, -0.05) is 34.6 Å². The molecule has 1 aromatic rings. The summed E-state index contributed by atoms with van der Waals surface area (Å²) in [5.74, 6) is 0. The average Bonchev–Trinajstić information content (AvgIpc) is 2.62. The van der Waals surface area contributed by atoms with Crippen LogP contribution in [0, 0.1) is 0 Å². The smallest absolute Gasteiger partial charge is 0.0412 e. The molecule has 0 spiro atoms. The Hall–Kier alpha value is -0.340.